The van der Waals surface area contributed by atoms with Gasteiger partial charge in [0.2, 0.25) is 0 Å². The van der Waals surface area contributed by atoms with Crippen LogP contribution in [0.5, 0.6) is 11.5 Å². The molecular weight excluding hydrogens is 381 g/mol. The molecule has 4 rings (SSSR count). The molecule has 0 radical (unpaired) electrons. The van der Waals surface area contributed by atoms with Gasteiger partial charge >= 0.3 is 0 Å². The predicted molar refractivity (Wildman–Crippen MR) is 111 cm³/mol. The van der Waals surface area contributed by atoms with E-state index >= 15 is 0 Å². The molecule has 5 heteroatoms. The normalized spacial score (nSPS) is 24.1. The minimum Gasteiger partial charge on any atom is -0.506 e. The number of halogens is 2. The standard InChI is InChI=1S/C22H23Cl2NO2/c1-3-12(2)27-14-7-8-20-17(11-14)15-5-4-6-16(15)21(25-20)18-9-13(23)10-19(24)22(18)26/h4-5,7-12,15-16,21,25-26H,3,6H2,1-2H3. The third-order valence-corrected chi connectivity index (χ3v) is 6.15. The molecule has 2 aromatic rings. The first-order valence-corrected chi connectivity index (χ1v) is 10.1. The quantitative estimate of drug-likeness (QED) is 0.557. The molecule has 1 aliphatic heterocycles. The number of phenolic OH excluding ortho intramolecular Hbond substituents is 1. The monoisotopic (exact) mass is 403 g/mol. The average Bonchev–Trinajstić information content (AvgIpc) is 3.14. The van der Waals surface area contributed by atoms with Crippen LogP contribution in [-0.4, -0.2) is 11.2 Å². The van der Waals surface area contributed by atoms with Gasteiger partial charge in [-0.05, 0) is 61.6 Å². The summed E-state index contributed by atoms with van der Waals surface area (Å²) >= 11 is 12.4. The second-order valence-electron chi connectivity index (χ2n) is 7.39. The highest BCUT2D eigenvalue weighted by molar-refractivity contribution is 6.35. The Labute approximate surface area is 170 Å². The summed E-state index contributed by atoms with van der Waals surface area (Å²) in [5.41, 5.74) is 3.04. The van der Waals surface area contributed by atoms with E-state index in [4.69, 9.17) is 27.9 Å². The number of aromatic hydroxyl groups is 1. The molecule has 0 spiro atoms. The van der Waals surface area contributed by atoms with E-state index in [0.29, 0.717) is 5.02 Å². The molecule has 4 atom stereocenters. The average molecular weight is 404 g/mol. The molecule has 1 aliphatic carbocycles. The Morgan fingerprint density at radius 1 is 1.22 bits per heavy atom. The molecule has 27 heavy (non-hydrogen) atoms. The van der Waals surface area contributed by atoms with Crippen molar-refractivity contribution >= 4 is 28.9 Å². The van der Waals surface area contributed by atoms with Gasteiger partial charge in [-0.3, -0.25) is 0 Å². The number of anilines is 1. The lowest BCUT2D eigenvalue weighted by atomic mass is 9.77. The van der Waals surface area contributed by atoms with Gasteiger partial charge in [-0.1, -0.05) is 42.3 Å². The van der Waals surface area contributed by atoms with Gasteiger partial charge in [0.1, 0.15) is 11.5 Å². The number of hydrogen-bond acceptors (Lipinski definition) is 3. The maximum absolute atomic E-state index is 10.5. The maximum atomic E-state index is 10.5. The van der Waals surface area contributed by atoms with E-state index in [-0.39, 0.29) is 34.8 Å². The highest BCUT2D eigenvalue weighted by atomic mass is 35.5. The number of allylic oxidation sites excluding steroid dienone is 2. The van der Waals surface area contributed by atoms with Crippen LogP contribution >= 0.6 is 23.2 Å². The summed E-state index contributed by atoms with van der Waals surface area (Å²) in [5, 5.41) is 15.0. The van der Waals surface area contributed by atoms with Gasteiger partial charge < -0.3 is 15.2 Å². The fourth-order valence-corrected chi connectivity index (χ4v) is 4.60. The summed E-state index contributed by atoms with van der Waals surface area (Å²) in [6.07, 6.45) is 6.56. The Bertz CT molecular complexity index is 896. The van der Waals surface area contributed by atoms with Crippen LogP contribution in [0.1, 0.15) is 49.8 Å². The lowest BCUT2D eigenvalue weighted by Crippen LogP contribution is -2.29. The third kappa shape index (κ3) is 3.39. The van der Waals surface area contributed by atoms with Crippen molar-refractivity contribution in [2.24, 2.45) is 5.92 Å². The molecule has 3 nitrogen and oxygen atoms in total. The van der Waals surface area contributed by atoms with E-state index in [2.05, 4.69) is 43.4 Å². The molecule has 0 amide bonds. The first kappa shape index (κ1) is 18.5. The molecule has 142 valence electrons. The molecule has 2 aliphatic rings. The van der Waals surface area contributed by atoms with Crippen molar-refractivity contribution in [3.05, 3.63) is 63.7 Å². The zero-order chi connectivity index (χ0) is 19.1. The van der Waals surface area contributed by atoms with Crippen LogP contribution in [0.2, 0.25) is 10.0 Å². The van der Waals surface area contributed by atoms with E-state index < -0.39 is 0 Å². The minimum absolute atomic E-state index is 0.0602. The zero-order valence-corrected chi connectivity index (χ0v) is 16.9. The Morgan fingerprint density at radius 3 is 2.81 bits per heavy atom. The molecule has 1 heterocycles. The van der Waals surface area contributed by atoms with Crippen molar-refractivity contribution in [1.82, 2.24) is 0 Å². The number of nitrogens with one attached hydrogen (secondary N) is 1. The highest BCUT2D eigenvalue weighted by Crippen LogP contribution is 2.52. The number of phenols is 1. The van der Waals surface area contributed by atoms with Gasteiger partial charge in [-0.25, -0.2) is 0 Å². The maximum Gasteiger partial charge on any atom is 0.139 e. The van der Waals surface area contributed by atoms with Gasteiger partial charge in [0, 0.05) is 22.2 Å². The fraction of sp³-hybridized carbons (Fsp3) is 0.364. The zero-order valence-electron chi connectivity index (χ0n) is 15.4. The molecule has 0 fully saturated rings. The Hall–Kier alpha value is -1.84. The number of benzene rings is 2. The number of ether oxygens (including phenoxy) is 1. The van der Waals surface area contributed by atoms with Gasteiger partial charge in [0.15, 0.2) is 0 Å². The van der Waals surface area contributed by atoms with Crippen molar-refractivity contribution in [3.63, 3.8) is 0 Å². The van der Waals surface area contributed by atoms with E-state index in [1.807, 2.05) is 6.07 Å². The Morgan fingerprint density at radius 2 is 2.04 bits per heavy atom. The van der Waals surface area contributed by atoms with Gasteiger partial charge in [-0.15, -0.1) is 0 Å². The van der Waals surface area contributed by atoms with Crippen molar-refractivity contribution in [2.75, 3.05) is 5.32 Å². The van der Waals surface area contributed by atoms with E-state index in [9.17, 15) is 5.11 Å². The molecule has 0 saturated heterocycles. The second-order valence-corrected chi connectivity index (χ2v) is 8.23. The smallest absolute Gasteiger partial charge is 0.139 e. The van der Waals surface area contributed by atoms with Crippen LogP contribution in [0.3, 0.4) is 0 Å². The van der Waals surface area contributed by atoms with E-state index in [1.54, 1.807) is 12.1 Å². The molecular formula is C22H23Cl2NO2. The minimum atomic E-state index is -0.0602. The summed E-state index contributed by atoms with van der Waals surface area (Å²) in [6, 6.07) is 9.52. The summed E-state index contributed by atoms with van der Waals surface area (Å²) < 4.78 is 6.01. The number of rotatable bonds is 4. The first-order valence-electron chi connectivity index (χ1n) is 9.39. The van der Waals surface area contributed by atoms with Crippen LogP contribution in [-0.2, 0) is 0 Å². The molecule has 0 bridgehead atoms. The van der Waals surface area contributed by atoms with Crippen molar-refractivity contribution in [3.8, 4) is 11.5 Å². The highest BCUT2D eigenvalue weighted by Gasteiger charge is 2.39. The molecule has 2 N–H and O–H groups in total. The Balaban J connectivity index is 1.73. The third-order valence-electron chi connectivity index (χ3n) is 5.64. The van der Waals surface area contributed by atoms with Crippen LogP contribution in [0.15, 0.2) is 42.5 Å². The van der Waals surface area contributed by atoms with E-state index in [1.165, 1.54) is 5.56 Å². The molecule has 4 unspecified atom stereocenters. The summed E-state index contributed by atoms with van der Waals surface area (Å²) in [7, 11) is 0. The second kappa shape index (κ2) is 7.29. The van der Waals surface area contributed by atoms with Crippen LogP contribution in [0.25, 0.3) is 0 Å². The predicted octanol–water partition coefficient (Wildman–Crippen LogP) is 6.70. The molecule has 0 saturated carbocycles. The van der Waals surface area contributed by atoms with Crippen molar-refractivity contribution in [1.29, 1.82) is 0 Å². The Kier molecular flexibility index (Phi) is 5.00. The summed E-state index contributed by atoms with van der Waals surface area (Å²) in [4.78, 5) is 0. The van der Waals surface area contributed by atoms with Gasteiger partial charge in [-0.2, -0.15) is 0 Å². The number of fused-ring (bicyclic) bond motifs is 3. The molecule has 2 aromatic carbocycles. The van der Waals surface area contributed by atoms with Gasteiger partial charge in [0.25, 0.3) is 0 Å². The SMILES string of the molecule is CCC(C)Oc1ccc2c(c1)C1C=CCC1C(c1cc(Cl)cc(Cl)c1O)N2. The van der Waals surface area contributed by atoms with Crippen molar-refractivity contribution < 1.29 is 9.84 Å². The lowest BCUT2D eigenvalue weighted by Gasteiger charge is -2.38. The largest absolute Gasteiger partial charge is 0.506 e. The van der Waals surface area contributed by atoms with Gasteiger partial charge in [0.05, 0.1) is 17.2 Å². The number of hydrogen-bond donors (Lipinski definition) is 2. The van der Waals surface area contributed by atoms with E-state index in [0.717, 1.165) is 29.8 Å². The van der Waals surface area contributed by atoms with Crippen LogP contribution < -0.4 is 10.1 Å². The van der Waals surface area contributed by atoms with Crippen LogP contribution in [0.4, 0.5) is 5.69 Å². The van der Waals surface area contributed by atoms with Crippen LogP contribution in [0, 0.1) is 5.92 Å². The summed E-state index contributed by atoms with van der Waals surface area (Å²) in [5.74, 6) is 1.56. The molecule has 0 aromatic heterocycles. The fourth-order valence-electron chi connectivity index (χ4n) is 4.09. The van der Waals surface area contributed by atoms with Crippen molar-refractivity contribution in [2.45, 2.75) is 44.8 Å². The lowest BCUT2D eigenvalue weighted by molar-refractivity contribution is 0.217. The topological polar surface area (TPSA) is 41.5 Å². The summed E-state index contributed by atoms with van der Waals surface area (Å²) in [6.45, 7) is 4.20. The first-order chi connectivity index (χ1) is 13.0.